The van der Waals surface area contributed by atoms with Gasteiger partial charge in [-0.15, -0.1) is 11.8 Å². The van der Waals surface area contributed by atoms with Gasteiger partial charge in [-0.25, -0.2) is 0 Å². The van der Waals surface area contributed by atoms with E-state index in [0.29, 0.717) is 5.02 Å². The number of rotatable bonds is 2. The largest absolute Gasteiger partial charge is 0.348 e. The Hall–Kier alpha value is -0.710. The molecule has 0 spiro atoms. The summed E-state index contributed by atoms with van der Waals surface area (Å²) in [6.07, 6.45) is 0.903. The van der Waals surface area contributed by atoms with Crippen molar-refractivity contribution in [3.8, 4) is 0 Å². The number of halogens is 1. The van der Waals surface area contributed by atoms with Crippen LogP contribution in [0.15, 0.2) is 23.1 Å². The predicted molar refractivity (Wildman–Crippen MR) is 75.9 cm³/mol. The first kappa shape index (κ1) is 13.7. The topological polar surface area (TPSA) is 55.1 Å². The minimum atomic E-state index is -0.858. The number of thioether (sulfide) groups is 1. The quantitative estimate of drug-likeness (QED) is 0.878. The number of nitrogens with one attached hydrogen (secondary N) is 1. The molecule has 1 aromatic rings. The van der Waals surface area contributed by atoms with E-state index in [1.54, 1.807) is 25.6 Å². The van der Waals surface area contributed by atoms with Gasteiger partial charge < -0.3 is 11.1 Å². The minimum Gasteiger partial charge on any atom is -0.348 e. The summed E-state index contributed by atoms with van der Waals surface area (Å²) >= 11 is 7.82. The smallest absolute Gasteiger partial charge is 0.239 e. The molecule has 1 heterocycles. The second-order valence-corrected chi connectivity index (χ2v) is 6.64. The van der Waals surface area contributed by atoms with E-state index in [9.17, 15) is 4.79 Å². The maximum absolute atomic E-state index is 12.0. The summed E-state index contributed by atoms with van der Waals surface area (Å²) in [5, 5.41) is 3.70. The van der Waals surface area contributed by atoms with Crippen molar-refractivity contribution in [2.45, 2.75) is 36.7 Å². The van der Waals surface area contributed by atoms with E-state index in [-0.39, 0.29) is 11.9 Å². The molecule has 1 amide bonds. The van der Waals surface area contributed by atoms with Crippen LogP contribution in [0.1, 0.15) is 31.9 Å². The minimum absolute atomic E-state index is 0.00951. The Kier molecular flexibility index (Phi) is 3.90. The van der Waals surface area contributed by atoms with Crippen molar-refractivity contribution in [2.24, 2.45) is 5.73 Å². The van der Waals surface area contributed by atoms with Gasteiger partial charge in [-0.2, -0.15) is 0 Å². The molecule has 3 N–H and O–H groups in total. The summed E-state index contributed by atoms with van der Waals surface area (Å²) in [4.78, 5) is 13.1. The molecular formula is C13H17ClN2OS. The van der Waals surface area contributed by atoms with Gasteiger partial charge in [0.15, 0.2) is 0 Å². The van der Waals surface area contributed by atoms with Crippen molar-refractivity contribution < 1.29 is 4.79 Å². The van der Waals surface area contributed by atoms with E-state index in [0.717, 1.165) is 17.7 Å². The fourth-order valence-electron chi connectivity index (χ4n) is 1.86. The molecule has 1 aliphatic heterocycles. The molecule has 0 aliphatic carbocycles. The Morgan fingerprint density at radius 1 is 1.56 bits per heavy atom. The zero-order valence-corrected chi connectivity index (χ0v) is 12.1. The maximum Gasteiger partial charge on any atom is 0.239 e. The second kappa shape index (κ2) is 5.11. The Morgan fingerprint density at radius 2 is 2.28 bits per heavy atom. The summed E-state index contributed by atoms with van der Waals surface area (Å²) in [6.45, 7) is 3.41. The molecule has 0 saturated carbocycles. The highest BCUT2D eigenvalue weighted by Crippen LogP contribution is 2.37. The third-order valence-corrected chi connectivity index (χ3v) is 4.26. The number of carbonyl (C=O) groups is 1. The predicted octanol–water partition coefficient (Wildman–Crippen LogP) is 2.73. The van der Waals surface area contributed by atoms with Crippen molar-refractivity contribution in [3.63, 3.8) is 0 Å². The van der Waals surface area contributed by atoms with E-state index < -0.39 is 5.54 Å². The molecular weight excluding hydrogens is 268 g/mol. The van der Waals surface area contributed by atoms with Crippen LogP contribution in [0.25, 0.3) is 0 Å². The maximum atomic E-state index is 12.0. The Balaban J connectivity index is 2.22. The first-order chi connectivity index (χ1) is 8.38. The van der Waals surface area contributed by atoms with Gasteiger partial charge in [0.05, 0.1) is 11.6 Å². The van der Waals surface area contributed by atoms with Crippen molar-refractivity contribution in [1.29, 1.82) is 0 Å². The fraction of sp³-hybridized carbons (Fsp3) is 0.462. The molecule has 1 aromatic carbocycles. The molecule has 3 nitrogen and oxygen atoms in total. The molecule has 1 atom stereocenters. The average Bonchev–Trinajstić information content (AvgIpc) is 2.28. The summed E-state index contributed by atoms with van der Waals surface area (Å²) in [6, 6.07) is 5.83. The first-order valence-corrected chi connectivity index (χ1v) is 7.26. The van der Waals surface area contributed by atoms with E-state index in [2.05, 4.69) is 5.32 Å². The van der Waals surface area contributed by atoms with E-state index in [1.165, 1.54) is 4.90 Å². The number of hydrogen-bond donors (Lipinski definition) is 2. The number of amides is 1. The van der Waals surface area contributed by atoms with E-state index >= 15 is 0 Å². The van der Waals surface area contributed by atoms with Gasteiger partial charge in [-0.05, 0) is 44.0 Å². The Labute approximate surface area is 116 Å². The van der Waals surface area contributed by atoms with Gasteiger partial charge in [0, 0.05) is 15.7 Å². The molecule has 5 heteroatoms. The zero-order valence-electron chi connectivity index (χ0n) is 10.5. The van der Waals surface area contributed by atoms with Crippen LogP contribution in [-0.4, -0.2) is 17.2 Å². The standard InChI is InChI=1S/C13H17ClN2OS/c1-13(2,15)12(17)16-10-5-6-18-11-4-3-8(14)7-9(10)11/h3-4,7,10H,5-6,15H2,1-2H3,(H,16,17). The highest BCUT2D eigenvalue weighted by Gasteiger charge is 2.28. The lowest BCUT2D eigenvalue weighted by molar-refractivity contribution is -0.126. The average molecular weight is 285 g/mol. The SMILES string of the molecule is CC(C)(N)C(=O)NC1CCSc2ccc(Cl)cc21. The molecule has 0 bridgehead atoms. The highest BCUT2D eigenvalue weighted by molar-refractivity contribution is 7.99. The lowest BCUT2D eigenvalue weighted by Crippen LogP contribution is -2.50. The van der Waals surface area contributed by atoms with Crippen LogP contribution in [0.2, 0.25) is 5.02 Å². The highest BCUT2D eigenvalue weighted by atomic mass is 35.5. The van der Waals surface area contributed by atoms with Crippen molar-refractivity contribution in [2.75, 3.05) is 5.75 Å². The molecule has 1 aliphatic rings. The third kappa shape index (κ3) is 2.99. The van der Waals surface area contributed by atoms with Crippen LogP contribution in [0.4, 0.5) is 0 Å². The third-order valence-electron chi connectivity index (χ3n) is 2.90. The van der Waals surface area contributed by atoms with E-state index in [1.807, 2.05) is 18.2 Å². The normalized spacial score (nSPS) is 19.2. The monoisotopic (exact) mass is 284 g/mol. The van der Waals surface area contributed by atoms with Crippen molar-refractivity contribution >= 4 is 29.3 Å². The van der Waals surface area contributed by atoms with Crippen molar-refractivity contribution in [3.05, 3.63) is 28.8 Å². The summed E-state index contributed by atoms with van der Waals surface area (Å²) in [5.74, 6) is 0.857. The number of nitrogens with two attached hydrogens (primary N) is 1. The van der Waals surface area contributed by atoms with Crippen LogP contribution in [-0.2, 0) is 4.79 Å². The summed E-state index contributed by atoms with van der Waals surface area (Å²) < 4.78 is 0. The molecule has 0 saturated heterocycles. The van der Waals surface area contributed by atoms with Crippen LogP contribution in [0.5, 0.6) is 0 Å². The molecule has 1 unspecified atom stereocenters. The van der Waals surface area contributed by atoms with Gasteiger partial charge in [-0.1, -0.05) is 11.6 Å². The number of hydrogen-bond acceptors (Lipinski definition) is 3. The van der Waals surface area contributed by atoms with E-state index in [4.69, 9.17) is 17.3 Å². The van der Waals surface area contributed by atoms with Crippen LogP contribution < -0.4 is 11.1 Å². The number of fused-ring (bicyclic) bond motifs is 1. The second-order valence-electron chi connectivity index (χ2n) is 5.07. The van der Waals surface area contributed by atoms with Crippen LogP contribution in [0.3, 0.4) is 0 Å². The molecule has 0 radical (unpaired) electrons. The lowest BCUT2D eigenvalue weighted by atomic mass is 10.0. The lowest BCUT2D eigenvalue weighted by Gasteiger charge is -2.29. The molecule has 18 heavy (non-hydrogen) atoms. The zero-order chi connectivity index (χ0) is 13.3. The van der Waals surface area contributed by atoms with Gasteiger partial charge >= 0.3 is 0 Å². The van der Waals surface area contributed by atoms with Crippen LogP contribution >= 0.6 is 23.4 Å². The van der Waals surface area contributed by atoms with Gasteiger partial charge in [0.25, 0.3) is 0 Å². The van der Waals surface area contributed by atoms with Crippen molar-refractivity contribution in [1.82, 2.24) is 5.32 Å². The number of carbonyl (C=O) groups excluding carboxylic acids is 1. The van der Waals surface area contributed by atoms with Crippen LogP contribution in [0, 0.1) is 0 Å². The summed E-state index contributed by atoms with van der Waals surface area (Å²) in [7, 11) is 0. The molecule has 0 aromatic heterocycles. The summed E-state index contributed by atoms with van der Waals surface area (Å²) in [5.41, 5.74) is 6.04. The van der Waals surface area contributed by atoms with Gasteiger partial charge in [0.2, 0.25) is 5.91 Å². The molecule has 2 rings (SSSR count). The fourth-order valence-corrected chi connectivity index (χ4v) is 3.15. The molecule has 0 fully saturated rings. The molecule has 98 valence electrons. The van der Waals surface area contributed by atoms with Gasteiger partial charge in [-0.3, -0.25) is 4.79 Å². The Morgan fingerprint density at radius 3 is 2.94 bits per heavy atom. The number of benzene rings is 1. The van der Waals surface area contributed by atoms with Gasteiger partial charge in [0.1, 0.15) is 0 Å². The Bertz CT molecular complexity index is 471. The first-order valence-electron chi connectivity index (χ1n) is 5.90.